The minimum Gasteiger partial charge on any atom is -0.296 e. The predicted octanol–water partition coefficient (Wildman–Crippen LogP) is 3.96. The Bertz CT molecular complexity index is 1250. The second-order valence-corrected chi connectivity index (χ2v) is 11.0. The van der Waals surface area contributed by atoms with Gasteiger partial charge in [-0.05, 0) is 48.6 Å². The Hall–Kier alpha value is -2.47. The third kappa shape index (κ3) is 3.62. The Morgan fingerprint density at radius 1 is 1.10 bits per heavy atom. The minimum absolute atomic E-state index is 0.0348. The molecule has 0 saturated carbocycles. The zero-order chi connectivity index (χ0) is 21.0. The molecule has 0 bridgehead atoms. The van der Waals surface area contributed by atoms with Gasteiger partial charge in [0, 0.05) is 12.5 Å². The molecule has 1 atom stereocenters. The molecule has 0 aliphatic carbocycles. The average Bonchev–Trinajstić information content (AvgIpc) is 3.03. The highest BCUT2D eigenvalue weighted by molar-refractivity contribution is 7.91. The van der Waals surface area contributed by atoms with E-state index in [0.29, 0.717) is 34.6 Å². The van der Waals surface area contributed by atoms with Crippen molar-refractivity contribution in [2.45, 2.75) is 56.9 Å². The summed E-state index contributed by atoms with van der Waals surface area (Å²) < 4.78 is 27.5. The fourth-order valence-corrected chi connectivity index (χ4v) is 5.50. The van der Waals surface area contributed by atoms with E-state index in [0.717, 1.165) is 11.1 Å². The highest BCUT2D eigenvalue weighted by Gasteiger charge is 2.31. The summed E-state index contributed by atoms with van der Waals surface area (Å²) in [6.45, 7) is 8.78. The van der Waals surface area contributed by atoms with E-state index < -0.39 is 9.84 Å². The van der Waals surface area contributed by atoms with Gasteiger partial charge in [0.25, 0.3) is 5.56 Å². The van der Waals surface area contributed by atoms with Gasteiger partial charge in [-0.2, -0.15) is 0 Å². The highest BCUT2D eigenvalue weighted by atomic mass is 32.2. The molecule has 4 rings (SSSR count). The van der Waals surface area contributed by atoms with Crippen LogP contribution in [0.4, 0.5) is 0 Å². The maximum Gasteiger partial charge on any atom is 0.261 e. The van der Waals surface area contributed by atoms with E-state index >= 15 is 0 Å². The van der Waals surface area contributed by atoms with Crippen LogP contribution in [0, 0.1) is 6.92 Å². The van der Waals surface area contributed by atoms with Gasteiger partial charge in [-0.3, -0.25) is 9.36 Å². The van der Waals surface area contributed by atoms with Crippen molar-refractivity contribution in [2.24, 2.45) is 0 Å². The molecule has 0 fully saturated rings. The molecule has 0 radical (unpaired) electrons. The Balaban J connectivity index is 1.76. The van der Waals surface area contributed by atoms with Crippen LogP contribution < -0.4 is 5.56 Å². The lowest BCUT2D eigenvalue weighted by Crippen LogP contribution is -2.23. The normalized spacial score (nSPS) is 16.9. The van der Waals surface area contributed by atoms with E-state index in [4.69, 9.17) is 4.98 Å². The van der Waals surface area contributed by atoms with Crippen molar-refractivity contribution in [1.29, 1.82) is 0 Å². The minimum atomic E-state index is -3.46. The van der Waals surface area contributed by atoms with E-state index in [-0.39, 0.29) is 22.6 Å². The lowest BCUT2D eigenvalue weighted by Gasteiger charge is -2.19. The van der Waals surface area contributed by atoms with Gasteiger partial charge in [0.1, 0.15) is 5.82 Å². The third-order valence-corrected chi connectivity index (χ3v) is 7.55. The van der Waals surface area contributed by atoms with Gasteiger partial charge < -0.3 is 0 Å². The fourth-order valence-electron chi connectivity index (χ4n) is 3.91. The standard InChI is InChI=1S/C23H26N2O3S/c1-15-5-8-18(9-6-15)29(27,28)14-16-11-12-25-21(16)24-20-13-17(23(2,3)4)7-10-19(20)22(25)26/h5-10,13,16H,11-12,14H2,1-4H3. The van der Waals surface area contributed by atoms with E-state index in [1.54, 1.807) is 28.8 Å². The van der Waals surface area contributed by atoms with Crippen LogP contribution in [-0.2, 0) is 21.8 Å². The molecule has 0 spiro atoms. The van der Waals surface area contributed by atoms with Crippen LogP contribution in [0.25, 0.3) is 10.9 Å². The molecule has 6 heteroatoms. The summed E-state index contributed by atoms with van der Waals surface area (Å²) in [5.41, 5.74) is 2.63. The number of rotatable bonds is 3. The van der Waals surface area contributed by atoms with Crippen LogP contribution in [0.5, 0.6) is 0 Å². The summed E-state index contributed by atoms with van der Waals surface area (Å²) in [4.78, 5) is 18.1. The number of fused-ring (bicyclic) bond motifs is 2. The van der Waals surface area contributed by atoms with Crippen LogP contribution >= 0.6 is 0 Å². The summed E-state index contributed by atoms with van der Waals surface area (Å²) in [6.07, 6.45) is 0.607. The second-order valence-electron chi connectivity index (χ2n) is 8.99. The number of hydrogen-bond donors (Lipinski definition) is 0. The Morgan fingerprint density at radius 3 is 2.45 bits per heavy atom. The second kappa shape index (κ2) is 6.80. The fraction of sp³-hybridized carbons (Fsp3) is 0.391. The first-order valence-electron chi connectivity index (χ1n) is 9.91. The van der Waals surface area contributed by atoms with Crippen molar-refractivity contribution in [1.82, 2.24) is 9.55 Å². The zero-order valence-corrected chi connectivity index (χ0v) is 18.1. The van der Waals surface area contributed by atoms with E-state index in [1.165, 1.54) is 0 Å². The summed E-state index contributed by atoms with van der Waals surface area (Å²) >= 11 is 0. The highest BCUT2D eigenvalue weighted by Crippen LogP contribution is 2.31. The first kappa shape index (κ1) is 19.8. The smallest absolute Gasteiger partial charge is 0.261 e. The van der Waals surface area contributed by atoms with E-state index in [2.05, 4.69) is 20.8 Å². The maximum absolute atomic E-state index is 13.0. The topological polar surface area (TPSA) is 69.0 Å². The van der Waals surface area contributed by atoms with Crippen molar-refractivity contribution in [3.63, 3.8) is 0 Å². The van der Waals surface area contributed by atoms with Crippen LogP contribution in [-0.4, -0.2) is 23.7 Å². The first-order valence-corrected chi connectivity index (χ1v) is 11.6. The van der Waals surface area contributed by atoms with E-state index in [1.807, 2.05) is 25.1 Å². The van der Waals surface area contributed by atoms with Crippen molar-refractivity contribution in [3.05, 3.63) is 69.8 Å². The van der Waals surface area contributed by atoms with Crippen LogP contribution in [0.1, 0.15) is 50.1 Å². The molecule has 2 aromatic carbocycles. The summed E-state index contributed by atoms with van der Waals surface area (Å²) in [5.74, 6) is 0.272. The maximum atomic E-state index is 13.0. The van der Waals surface area contributed by atoms with Crippen molar-refractivity contribution >= 4 is 20.7 Å². The van der Waals surface area contributed by atoms with Crippen LogP contribution in [0.15, 0.2) is 52.2 Å². The SMILES string of the molecule is Cc1ccc(S(=O)(=O)CC2CCn3c2nc2cc(C(C)(C)C)ccc2c3=O)cc1. The molecule has 0 amide bonds. The molecule has 152 valence electrons. The van der Waals surface area contributed by atoms with Gasteiger partial charge in [-0.25, -0.2) is 13.4 Å². The van der Waals surface area contributed by atoms with Crippen molar-refractivity contribution in [3.8, 4) is 0 Å². The zero-order valence-electron chi connectivity index (χ0n) is 17.3. The van der Waals surface area contributed by atoms with Gasteiger partial charge in [-0.1, -0.05) is 44.5 Å². The lowest BCUT2D eigenvalue weighted by atomic mass is 9.86. The molecule has 0 saturated heterocycles. The molecular formula is C23H26N2O3S. The largest absolute Gasteiger partial charge is 0.296 e. The number of benzene rings is 2. The molecular weight excluding hydrogens is 384 g/mol. The van der Waals surface area contributed by atoms with Crippen LogP contribution in [0.2, 0.25) is 0 Å². The first-order chi connectivity index (χ1) is 13.6. The Labute approximate surface area is 171 Å². The van der Waals surface area contributed by atoms with Gasteiger partial charge in [0.05, 0.1) is 21.6 Å². The molecule has 3 aromatic rings. The third-order valence-electron chi connectivity index (χ3n) is 5.72. The lowest BCUT2D eigenvalue weighted by molar-refractivity contribution is 0.585. The molecule has 1 unspecified atom stereocenters. The summed E-state index contributed by atoms with van der Waals surface area (Å²) in [7, 11) is -3.46. The predicted molar refractivity (Wildman–Crippen MR) is 115 cm³/mol. The number of sulfone groups is 1. The molecule has 1 aliphatic rings. The molecule has 29 heavy (non-hydrogen) atoms. The van der Waals surface area contributed by atoms with Gasteiger partial charge in [0.15, 0.2) is 9.84 Å². The monoisotopic (exact) mass is 410 g/mol. The van der Waals surface area contributed by atoms with Gasteiger partial charge >= 0.3 is 0 Å². The molecule has 1 aromatic heterocycles. The summed E-state index contributed by atoms with van der Waals surface area (Å²) in [6, 6.07) is 12.7. The van der Waals surface area contributed by atoms with Crippen molar-refractivity contribution in [2.75, 3.05) is 5.75 Å². The number of aromatic nitrogens is 2. The quantitative estimate of drug-likeness (QED) is 0.655. The molecule has 5 nitrogen and oxygen atoms in total. The Morgan fingerprint density at radius 2 is 1.79 bits per heavy atom. The number of aryl methyl sites for hydroxylation is 1. The number of nitrogens with zero attached hydrogens (tertiary/aromatic N) is 2. The average molecular weight is 411 g/mol. The molecule has 0 N–H and O–H groups in total. The van der Waals surface area contributed by atoms with Crippen molar-refractivity contribution < 1.29 is 8.42 Å². The summed E-state index contributed by atoms with van der Waals surface area (Å²) in [5, 5.41) is 0.587. The molecule has 2 heterocycles. The number of hydrogen-bond acceptors (Lipinski definition) is 4. The van der Waals surface area contributed by atoms with Crippen LogP contribution in [0.3, 0.4) is 0 Å². The Kier molecular flexibility index (Phi) is 4.65. The molecule has 1 aliphatic heterocycles. The van der Waals surface area contributed by atoms with E-state index in [9.17, 15) is 13.2 Å². The van der Waals surface area contributed by atoms with Gasteiger partial charge in [0.2, 0.25) is 0 Å². The van der Waals surface area contributed by atoms with Gasteiger partial charge in [-0.15, -0.1) is 0 Å².